The van der Waals surface area contributed by atoms with Crippen molar-refractivity contribution in [2.75, 3.05) is 20.5 Å². The minimum absolute atomic E-state index is 0.155. The van der Waals surface area contributed by atoms with Crippen molar-refractivity contribution in [3.8, 4) is 0 Å². The van der Waals surface area contributed by atoms with Crippen molar-refractivity contribution < 1.29 is 14.0 Å². The normalized spacial score (nSPS) is 13.4. The summed E-state index contributed by atoms with van der Waals surface area (Å²) in [7, 11) is 2.92. The first-order chi connectivity index (χ1) is 8.60. The number of methoxy groups -OCH3 is 2. The number of hydrogen-bond donors (Lipinski definition) is 0. The molecule has 2 heterocycles. The van der Waals surface area contributed by atoms with Crippen LogP contribution in [0.25, 0.3) is 9.40 Å². The molecule has 0 fully saturated rings. The van der Waals surface area contributed by atoms with E-state index in [1.165, 1.54) is 36.9 Å². The molecule has 0 aromatic carbocycles. The van der Waals surface area contributed by atoms with Crippen LogP contribution in [-0.2, 0) is 20.6 Å². The SMILES string of the molecule is COC(OC)c1c([S+](C)[O-])sc2ccsc2c1=O. The van der Waals surface area contributed by atoms with Crippen LogP contribution in [0.4, 0.5) is 0 Å². The van der Waals surface area contributed by atoms with Crippen LogP contribution in [0, 0.1) is 0 Å². The summed E-state index contributed by atoms with van der Waals surface area (Å²) in [4.78, 5) is 12.4. The lowest BCUT2D eigenvalue weighted by Crippen LogP contribution is -2.19. The quantitative estimate of drug-likeness (QED) is 0.642. The average molecular weight is 304 g/mol. The molecule has 98 valence electrons. The Morgan fingerprint density at radius 2 is 2.06 bits per heavy atom. The van der Waals surface area contributed by atoms with E-state index in [9.17, 15) is 9.35 Å². The lowest BCUT2D eigenvalue weighted by molar-refractivity contribution is -0.107. The largest absolute Gasteiger partial charge is 0.611 e. The molecule has 0 N–H and O–H groups in total. The van der Waals surface area contributed by atoms with E-state index in [1.54, 1.807) is 6.26 Å². The fourth-order valence-electron chi connectivity index (χ4n) is 1.66. The molecule has 0 saturated heterocycles. The Labute approximate surface area is 115 Å². The van der Waals surface area contributed by atoms with Gasteiger partial charge in [0.1, 0.15) is 11.8 Å². The molecular weight excluding hydrogens is 292 g/mol. The van der Waals surface area contributed by atoms with Crippen LogP contribution in [0.15, 0.2) is 20.5 Å². The van der Waals surface area contributed by atoms with Crippen LogP contribution >= 0.6 is 22.7 Å². The molecule has 0 radical (unpaired) electrons. The van der Waals surface area contributed by atoms with Gasteiger partial charge < -0.3 is 14.0 Å². The van der Waals surface area contributed by atoms with E-state index in [-0.39, 0.29) is 5.43 Å². The fourth-order valence-corrected chi connectivity index (χ4v) is 4.82. The van der Waals surface area contributed by atoms with Crippen molar-refractivity contribution in [1.82, 2.24) is 0 Å². The molecular formula is C11H12O4S3. The standard InChI is InChI=1S/C11H12O4S3/c1-14-10(15-2)7-8(12)9-6(4-5-16-9)17-11(7)18(3)13/h4-5,10H,1-3H3. The Balaban J connectivity index is 2.78. The van der Waals surface area contributed by atoms with E-state index in [2.05, 4.69) is 0 Å². The second-order valence-electron chi connectivity index (χ2n) is 3.50. The third kappa shape index (κ3) is 2.34. The second-order valence-corrected chi connectivity index (χ2v) is 7.05. The molecule has 4 nitrogen and oxygen atoms in total. The van der Waals surface area contributed by atoms with Crippen molar-refractivity contribution in [1.29, 1.82) is 0 Å². The van der Waals surface area contributed by atoms with E-state index >= 15 is 0 Å². The third-order valence-electron chi connectivity index (χ3n) is 2.43. The molecule has 7 heteroatoms. The Morgan fingerprint density at radius 3 is 2.61 bits per heavy atom. The summed E-state index contributed by atoms with van der Waals surface area (Å²) in [6.07, 6.45) is 0.772. The molecule has 2 aromatic heterocycles. The molecule has 0 bridgehead atoms. The molecule has 0 aliphatic heterocycles. The van der Waals surface area contributed by atoms with Gasteiger partial charge in [0, 0.05) is 14.2 Å². The lowest BCUT2D eigenvalue weighted by atomic mass is 10.3. The average Bonchev–Trinajstić information content (AvgIpc) is 2.81. The van der Waals surface area contributed by atoms with Crippen LogP contribution in [0.5, 0.6) is 0 Å². The van der Waals surface area contributed by atoms with Gasteiger partial charge in [-0.2, -0.15) is 0 Å². The van der Waals surface area contributed by atoms with Gasteiger partial charge in [0.25, 0.3) is 0 Å². The zero-order valence-corrected chi connectivity index (χ0v) is 12.5. The molecule has 0 aliphatic rings. The zero-order valence-electron chi connectivity index (χ0n) is 10.1. The molecule has 1 atom stereocenters. The van der Waals surface area contributed by atoms with E-state index in [0.717, 1.165) is 4.70 Å². The van der Waals surface area contributed by atoms with E-state index in [4.69, 9.17) is 9.47 Å². The van der Waals surface area contributed by atoms with Gasteiger partial charge in [0.15, 0.2) is 6.29 Å². The van der Waals surface area contributed by atoms with Crippen LogP contribution in [-0.4, -0.2) is 25.0 Å². The Kier molecular flexibility index (Phi) is 4.41. The summed E-state index contributed by atoms with van der Waals surface area (Å²) in [5, 5.41) is 1.85. The van der Waals surface area contributed by atoms with Crippen molar-refractivity contribution >= 4 is 43.2 Å². The van der Waals surface area contributed by atoms with E-state index in [1.807, 2.05) is 11.4 Å². The highest BCUT2D eigenvalue weighted by Crippen LogP contribution is 2.32. The monoisotopic (exact) mass is 304 g/mol. The fraction of sp³-hybridized carbons (Fsp3) is 0.364. The second kappa shape index (κ2) is 5.68. The Hall–Kier alpha value is -0.440. The molecule has 0 saturated carbocycles. The van der Waals surface area contributed by atoms with Gasteiger partial charge in [-0.25, -0.2) is 0 Å². The Morgan fingerprint density at radius 1 is 1.39 bits per heavy atom. The molecule has 2 rings (SSSR count). The molecule has 0 amide bonds. The highest BCUT2D eigenvalue weighted by Gasteiger charge is 2.27. The van der Waals surface area contributed by atoms with Gasteiger partial charge >= 0.3 is 0 Å². The summed E-state index contributed by atoms with van der Waals surface area (Å²) >= 11 is 1.47. The predicted molar refractivity (Wildman–Crippen MR) is 75.1 cm³/mol. The minimum Gasteiger partial charge on any atom is -0.611 e. The summed E-state index contributed by atoms with van der Waals surface area (Å²) < 4.78 is 24.1. The first-order valence-corrected chi connectivity index (χ1v) is 8.28. The minimum atomic E-state index is -1.25. The number of rotatable bonds is 4. The highest BCUT2D eigenvalue weighted by atomic mass is 32.2. The van der Waals surface area contributed by atoms with Crippen LogP contribution in [0.2, 0.25) is 0 Å². The van der Waals surface area contributed by atoms with Crippen LogP contribution < -0.4 is 5.43 Å². The summed E-state index contributed by atoms with van der Waals surface area (Å²) in [6, 6.07) is 1.86. The maximum Gasteiger partial charge on any atom is 0.219 e. The molecule has 1 unspecified atom stereocenters. The van der Waals surface area contributed by atoms with Crippen molar-refractivity contribution in [3.63, 3.8) is 0 Å². The van der Waals surface area contributed by atoms with Gasteiger partial charge in [-0.15, -0.1) is 11.3 Å². The van der Waals surface area contributed by atoms with Crippen molar-refractivity contribution in [2.45, 2.75) is 10.5 Å². The number of ether oxygens (including phenoxy) is 2. The smallest absolute Gasteiger partial charge is 0.219 e. The Bertz CT molecular complexity index is 598. The van der Waals surface area contributed by atoms with Gasteiger partial charge in [0.2, 0.25) is 9.64 Å². The first-order valence-electron chi connectivity index (χ1n) is 5.03. The van der Waals surface area contributed by atoms with Crippen LogP contribution in [0.1, 0.15) is 11.9 Å². The molecule has 18 heavy (non-hydrogen) atoms. The number of thiophene rings is 1. The highest BCUT2D eigenvalue weighted by molar-refractivity contribution is 7.93. The molecule has 2 aromatic rings. The topological polar surface area (TPSA) is 58.6 Å². The first kappa shape index (κ1) is 14.0. The summed E-state index contributed by atoms with van der Waals surface area (Å²) in [6.45, 7) is 0. The molecule has 0 spiro atoms. The van der Waals surface area contributed by atoms with Crippen molar-refractivity contribution in [3.05, 3.63) is 27.2 Å². The lowest BCUT2D eigenvalue weighted by Gasteiger charge is -2.16. The third-order valence-corrected chi connectivity index (χ3v) is 6.13. The number of hydrogen-bond acceptors (Lipinski definition) is 6. The predicted octanol–water partition coefficient (Wildman–Crippen LogP) is 2.35. The zero-order chi connectivity index (χ0) is 13.3. The van der Waals surface area contributed by atoms with Gasteiger partial charge in [-0.3, -0.25) is 4.79 Å². The number of fused-ring (bicyclic) bond motifs is 1. The van der Waals surface area contributed by atoms with Gasteiger partial charge in [0.05, 0.1) is 9.40 Å². The maximum atomic E-state index is 12.4. The maximum absolute atomic E-state index is 12.4. The molecule has 0 aliphatic carbocycles. The van der Waals surface area contributed by atoms with E-state index in [0.29, 0.717) is 14.5 Å². The van der Waals surface area contributed by atoms with Gasteiger partial charge in [-0.1, -0.05) is 11.3 Å². The van der Waals surface area contributed by atoms with Crippen molar-refractivity contribution in [2.24, 2.45) is 0 Å². The van der Waals surface area contributed by atoms with E-state index < -0.39 is 17.5 Å². The summed E-state index contributed by atoms with van der Waals surface area (Å²) in [5.74, 6) is 0. The van der Waals surface area contributed by atoms with Gasteiger partial charge in [-0.05, 0) is 22.6 Å². The summed E-state index contributed by atoms with van der Waals surface area (Å²) in [5.41, 5.74) is 0.193. The van der Waals surface area contributed by atoms with Crippen LogP contribution in [0.3, 0.4) is 0 Å².